The number of aromatic nitrogens is 3. The summed E-state index contributed by atoms with van der Waals surface area (Å²) in [6.45, 7) is 0. The van der Waals surface area contributed by atoms with E-state index in [4.69, 9.17) is 5.73 Å². The number of nitrogen functional groups attached to an aromatic ring is 1. The minimum atomic E-state index is 0.538. The van der Waals surface area contributed by atoms with Gasteiger partial charge in [0, 0.05) is 0 Å². The Balaban J connectivity index is 2.15. The van der Waals surface area contributed by atoms with E-state index in [2.05, 4.69) is 26.0 Å². The van der Waals surface area contributed by atoms with Gasteiger partial charge in [0.25, 0.3) is 0 Å². The Morgan fingerprint density at radius 3 is 2.87 bits per heavy atom. The molecule has 0 fully saturated rings. The smallest absolute Gasteiger partial charge is 0.214 e. The fourth-order valence-electron chi connectivity index (χ4n) is 1.29. The zero-order valence-corrected chi connectivity index (χ0v) is 10.6. The zero-order chi connectivity index (χ0) is 10.4. The van der Waals surface area contributed by atoms with Gasteiger partial charge in [-0.1, -0.05) is 11.3 Å². The molecule has 3 aromatic rings. The molecule has 0 aliphatic rings. The number of fused-ring (bicyclic) bond motifs is 1. The van der Waals surface area contributed by atoms with Crippen LogP contribution in [0.1, 0.15) is 0 Å². The first kappa shape index (κ1) is 9.32. The summed E-state index contributed by atoms with van der Waals surface area (Å²) < 4.78 is 2.81. The van der Waals surface area contributed by atoms with Crippen LogP contribution in [0.4, 0.5) is 5.13 Å². The first-order chi connectivity index (χ1) is 7.22. The SMILES string of the molecule is Nc1nn2cc(-c3ccc(Br)s3)nc2s1. The Bertz CT molecular complexity index is 592. The van der Waals surface area contributed by atoms with Gasteiger partial charge in [-0.05, 0) is 28.1 Å². The topological polar surface area (TPSA) is 56.2 Å². The molecule has 0 radical (unpaired) electrons. The first-order valence-corrected chi connectivity index (χ1v) is 6.52. The van der Waals surface area contributed by atoms with E-state index >= 15 is 0 Å². The molecule has 76 valence electrons. The molecular weight excluding hydrogens is 296 g/mol. The van der Waals surface area contributed by atoms with Crippen molar-refractivity contribution in [1.29, 1.82) is 0 Å². The maximum absolute atomic E-state index is 5.57. The van der Waals surface area contributed by atoms with Gasteiger partial charge in [-0.3, -0.25) is 0 Å². The van der Waals surface area contributed by atoms with Crippen LogP contribution in [-0.4, -0.2) is 14.6 Å². The van der Waals surface area contributed by atoms with E-state index in [1.54, 1.807) is 15.9 Å². The Labute approximate surface area is 102 Å². The van der Waals surface area contributed by atoms with E-state index in [0.717, 1.165) is 19.3 Å². The van der Waals surface area contributed by atoms with E-state index in [9.17, 15) is 0 Å². The van der Waals surface area contributed by atoms with Crippen LogP contribution in [0.2, 0.25) is 0 Å². The van der Waals surface area contributed by atoms with Crippen LogP contribution in [0.5, 0.6) is 0 Å². The molecule has 3 aromatic heterocycles. The van der Waals surface area contributed by atoms with Gasteiger partial charge in [-0.15, -0.1) is 16.4 Å². The van der Waals surface area contributed by atoms with E-state index < -0.39 is 0 Å². The highest BCUT2D eigenvalue weighted by atomic mass is 79.9. The molecule has 0 bridgehead atoms. The maximum Gasteiger partial charge on any atom is 0.214 e. The third-order valence-electron chi connectivity index (χ3n) is 1.88. The lowest BCUT2D eigenvalue weighted by molar-refractivity contribution is 0.981. The highest BCUT2D eigenvalue weighted by Gasteiger charge is 2.09. The van der Waals surface area contributed by atoms with Crippen molar-refractivity contribution in [2.45, 2.75) is 0 Å². The van der Waals surface area contributed by atoms with Gasteiger partial charge in [0.15, 0.2) is 0 Å². The van der Waals surface area contributed by atoms with Crippen LogP contribution in [0, 0.1) is 0 Å². The van der Waals surface area contributed by atoms with Crippen molar-refractivity contribution in [1.82, 2.24) is 14.6 Å². The molecule has 0 spiro atoms. The van der Waals surface area contributed by atoms with Gasteiger partial charge < -0.3 is 5.73 Å². The Kier molecular flexibility index (Phi) is 2.04. The minimum Gasteiger partial charge on any atom is -0.374 e. The maximum atomic E-state index is 5.57. The van der Waals surface area contributed by atoms with E-state index in [1.807, 2.05) is 18.3 Å². The fraction of sp³-hybridized carbons (Fsp3) is 0. The summed E-state index contributed by atoms with van der Waals surface area (Å²) in [7, 11) is 0. The number of hydrogen-bond acceptors (Lipinski definition) is 5. The number of anilines is 1. The first-order valence-electron chi connectivity index (χ1n) is 4.10. The second kappa shape index (κ2) is 3.29. The normalized spacial score (nSPS) is 11.3. The molecule has 0 unspecified atom stereocenters. The third-order valence-corrected chi connectivity index (χ3v) is 4.28. The summed E-state index contributed by atoms with van der Waals surface area (Å²) in [6.07, 6.45) is 1.89. The number of imidazole rings is 1. The monoisotopic (exact) mass is 300 g/mol. The van der Waals surface area contributed by atoms with Gasteiger partial charge in [-0.25, -0.2) is 9.50 Å². The van der Waals surface area contributed by atoms with Gasteiger partial charge in [-0.2, -0.15) is 0 Å². The lowest BCUT2D eigenvalue weighted by atomic mass is 10.4. The fourth-order valence-corrected chi connectivity index (χ4v) is 3.27. The molecule has 15 heavy (non-hydrogen) atoms. The highest BCUT2D eigenvalue weighted by Crippen LogP contribution is 2.31. The van der Waals surface area contributed by atoms with Crippen LogP contribution in [0.3, 0.4) is 0 Å². The number of thiophene rings is 1. The molecular formula is C8H5BrN4S2. The van der Waals surface area contributed by atoms with Crippen molar-refractivity contribution < 1.29 is 0 Å². The summed E-state index contributed by atoms with van der Waals surface area (Å²) in [4.78, 5) is 6.39. The lowest BCUT2D eigenvalue weighted by Crippen LogP contribution is -1.85. The summed E-state index contributed by atoms with van der Waals surface area (Å²) in [5.74, 6) is 0. The number of halogens is 1. The number of nitrogens with two attached hydrogens (primary N) is 1. The second-order valence-electron chi connectivity index (χ2n) is 2.90. The molecule has 2 N–H and O–H groups in total. The molecule has 0 atom stereocenters. The van der Waals surface area contributed by atoms with Crippen molar-refractivity contribution in [2.75, 3.05) is 5.73 Å². The quantitative estimate of drug-likeness (QED) is 0.752. The van der Waals surface area contributed by atoms with Crippen LogP contribution < -0.4 is 5.73 Å². The Hall–Kier alpha value is -0.920. The minimum absolute atomic E-state index is 0.538. The summed E-state index contributed by atoms with van der Waals surface area (Å²) >= 11 is 6.46. The molecule has 3 heterocycles. The highest BCUT2D eigenvalue weighted by molar-refractivity contribution is 9.11. The zero-order valence-electron chi connectivity index (χ0n) is 7.35. The van der Waals surface area contributed by atoms with Crippen molar-refractivity contribution in [3.05, 3.63) is 22.1 Å². The van der Waals surface area contributed by atoms with E-state index in [0.29, 0.717) is 5.13 Å². The van der Waals surface area contributed by atoms with Gasteiger partial charge in [0.2, 0.25) is 10.1 Å². The molecule has 0 amide bonds. The third kappa shape index (κ3) is 1.56. The van der Waals surface area contributed by atoms with Crippen LogP contribution in [0.25, 0.3) is 15.5 Å². The number of rotatable bonds is 1. The standard InChI is InChI=1S/C8H5BrN4S2/c9-6-2-1-5(14-6)4-3-13-8(11-4)15-7(10)12-13/h1-3H,(H2,10,12). The largest absolute Gasteiger partial charge is 0.374 e. The predicted octanol–water partition coefficient (Wildman–Crippen LogP) is 2.86. The number of hydrogen-bond donors (Lipinski definition) is 1. The molecule has 7 heteroatoms. The number of nitrogens with zero attached hydrogens (tertiary/aromatic N) is 3. The predicted molar refractivity (Wildman–Crippen MR) is 66.3 cm³/mol. The van der Waals surface area contributed by atoms with Crippen LogP contribution in [-0.2, 0) is 0 Å². The summed E-state index contributed by atoms with van der Waals surface area (Å²) in [6, 6.07) is 4.04. The molecule has 0 aliphatic heterocycles. The molecule has 0 saturated heterocycles. The lowest BCUT2D eigenvalue weighted by Gasteiger charge is -1.85. The second-order valence-corrected chi connectivity index (χ2v) is 6.35. The van der Waals surface area contributed by atoms with E-state index in [1.165, 1.54) is 11.3 Å². The Morgan fingerprint density at radius 2 is 2.20 bits per heavy atom. The molecule has 0 aliphatic carbocycles. The van der Waals surface area contributed by atoms with E-state index in [-0.39, 0.29) is 0 Å². The Morgan fingerprint density at radius 1 is 1.33 bits per heavy atom. The van der Waals surface area contributed by atoms with Crippen molar-refractivity contribution in [3.8, 4) is 10.6 Å². The van der Waals surface area contributed by atoms with Crippen molar-refractivity contribution in [3.63, 3.8) is 0 Å². The molecule has 0 saturated carbocycles. The average molecular weight is 301 g/mol. The van der Waals surface area contributed by atoms with Gasteiger partial charge in [0.1, 0.15) is 5.69 Å². The molecule has 0 aromatic carbocycles. The van der Waals surface area contributed by atoms with Gasteiger partial charge in [0.05, 0.1) is 14.9 Å². The average Bonchev–Trinajstić information content (AvgIpc) is 2.78. The van der Waals surface area contributed by atoms with Crippen molar-refractivity contribution >= 4 is 48.7 Å². The van der Waals surface area contributed by atoms with Crippen LogP contribution >= 0.6 is 38.6 Å². The molecule has 4 nitrogen and oxygen atoms in total. The van der Waals surface area contributed by atoms with Crippen molar-refractivity contribution in [2.24, 2.45) is 0 Å². The van der Waals surface area contributed by atoms with Crippen LogP contribution in [0.15, 0.2) is 22.1 Å². The van der Waals surface area contributed by atoms with Gasteiger partial charge >= 0.3 is 0 Å². The molecule has 3 rings (SSSR count). The summed E-state index contributed by atoms with van der Waals surface area (Å²) in [5, 5.41) is 4.65. The summed E-state index contributed by atoms with van der Waals surface area (Å²) in [5.41, 5.74) is 6.50.